The molecule has 2 aliphatic rings. The number of hydrogen-bond acceptors (Lipinski definition) is 5. The number of benzene rings is 2. The summed E-state index contributed by atoms with van der Waals surface area (Å²) < 4.78 is 64.0. The van der Waals surface area contributed by atoms with Gasteiger partial charge in [-0.05, 0) is 80.8 Å². The molecule has 0 radical (unpaired) electrons. The highest BCUT2D eigenvalue weighted by Crippen LogP contribution is 2.41. The number of rotatable bonds is 4. The molecule has 1 saturated heterocycles. The molecule has 1 aliphatic carbocycles. The maximum absolute atomic E-state index is 14.8. The number of likely N-dealkylation sites (tertiary alicyclic amines) is 1. The lowest BCUT2D eigenvalue weighted by Crippen LogP contribution is -2.36. The van der Waals surface area contributed by atoms with Gasteiger partial charge in [0.1, 0.15) is 5.60 Å². The number of hydrogen-bond donors (Lipinski definition) is 0. The molecule has 1 aliphatic heterocycles. The minimum Gasteiger partial charge on any atom is -0.484 e. The van der Waals surface area contributed by atoms with E-state index in [0.29, 0.717) is 37.1 Å². The Morgan fingerprint density at radius 3 is 1.97 bits per heavy atom. The van der Waals surface area contributed by atoms with E-state index in [1.807, 2.05) is 20.8 Å². The number of fused-ring (bicyclic) bond motifs is 1. The Balaban J connectivity index is 1.41. The third-order valence-electron chi connectivity index (χ3n) is 6.26. The van der Waals surface area contributed by atoms with Crippen molar-refractivity contribution in [3.63, 3.8) is 0 Å². The Morgan fingerprint density at radius 2 is 1.50 bits per heavy atom. The van der Waals surface area contributed by atoms with Crippen LogP contribution < -0.4 is 4.74 Å². The van der Waals surface area contributed by atoms with Gasteiger partial charge in [-0.3, -0.25) is 0 Å². The second-order valence-corrected chi connectivity index (χ2v) is 12.2. The van der Waals surface area contributed by atoms with Gasteiger partial charge in [-0.1, -0.05) is 12.1 Å². The number of sulfone groups is 1. The van der Waals surface area contributed by atoms with Crippen molar-refractivity contribution >= 4 is 15.9 Å². The van der Waals surface area contributed by atoms with E-state index in [4.69, 9.17) is 9.47 Å². The number of carbonyl (C=O) groups excluding carboxylic acids is 1. The zero-order chi connectivity index (χ0) is 24.8. The minimum absolute atomic E-state index is 0.133. The van der Waals surface area contributed by atoms with Crippen molar-refractivity contribution in [2.75, 3.05) is 19.3 Å². The molecule has 4 rings (SSSR count). The summed E-state index contributed by atoms with van der Waals surface area (Å²) in [6.45, 7) is 6.57. The van der Waals surface area contributed by atoms with Crippen molar-refractivity contribution in [3.8, 4) is 16.9 Å². The average molecular weight is 494 g/mol. The summed E-state index contributed by atoms with van der Waals surface area (Å²) in [5.41, 5.74) is 0.227. The van der Waals surface area contributed by atoms with Crippen LogP contribution in [0.3, 0.4) is 0 Å². The molecule has 0 aromatic heterocycles. The first-order chi connectivity index (χ1) is 15.8. The van der Waals surface area contributed by atoms with Gasteiger partial charge >= 0.3 is 6.09 Å². The van der Waals surface area contributed by atoms with E-state index in [-0.39, 0.29) is 28.9 Å². The van der Waals surface area contributed by atoms with Crippen LogP contribution in [-0.2, 0) is 14.6 Å². The fraction of sp³-hybridized carbons (Fsp3) is 0.480. The van der Waals surface area contributed by atoms with Crippen LogP contribution >= 0.6 is 0 Å². The van der Waals surface area contributed by atoms with Gasteiger partial charge in [-0.2, -0.15) is 0 Å². The topological polar surface area (TPSA) is 72.9 Å². The molecule has 0 N–H and O–H groups in total. The van der Waals surface area contributed by atoms with Crippen molar-refractivity contribution in [2.45, 2.75) is 50.2 Å². The number of halogens is 2. The average Bonchev–Trinajstić information content (AvgIpc) is 3.27. The van der Waals surface area contributed by atoms with Gasteiger partial charge in [0.25, 0.3) is 0 Å². The molecule has 184 valence electrons. The van der Waals surface area contributed by atoms with Gasteiger partial charge in [0.05, 0.1) is 11.0 Å². The Hall–Kier alpha value is -2.68. The van der Waals surface area contributed by atoms with Crippen LogP contribution in [0.15, 0.2) is 41.3 Å². The molecule has 2 unspecified atom stereocenters. The molecule has 3 atom stereocenters. The monoisotopic (exact) mass is 493 g/mol. The van der Waals surface area contributed by atoms with Crippen LogP contribution in [-0.4, -0.2) is 50.5 Å². The van der Waals surface area contributed by atoms with E-state index in [9.17, 15) is 22.0 Å². The molecule has 34 heavy (non-hydrogen) atoms. The highest BCUT2D eigenvalue weighted by atomic mass is 32.2. The van der Waals surface area contributed by atoms with Crippen LogP contribution in [0.5, 0.6) is 5.75 Å². The largest absolute Gasteiger partial charge is 0.484 e. The molecule has 0 bridgehead atoms. The zero-order valence-corrected chi connectivity index (χ0v) is 20.5. The fourth-order valence-corrected chi connectivity index (χ4v) is 5.35. The molecule has 6 nitrogen and oxygen atoms in total. The van der Waals surface area contributed by atoms with E-state index in [1.54, 1.807) is 4.90 Å². The third kappa shape index (κ3) is 5.35. The molecule has 1 heterocycles. The van der Waals surface area contributed by atoms with Crippen molar-refractivity contribution in [2.24, 2.45) is 11.8 Å². The van der Waals surface area contributed by atoms with Crippen molar-refractivity contribution < 1.29 is 31.5 Å². The molecule has 2 aromatic rings. The van der Waals surface area contributed by atoms with E-state index < -0.39 is 32.8 Å². The lowest BCUT2D eigenvalue weighted by atomic mass is 10.0. The molecule has 9 heteroatoms. The Kier molecular flexibility index (Phi) is 6.35. The zero-order valence-electron chi connectivity index (χ0n) is 19.7. The van der Waals surface area contributed by atoms with Crippen LogP contribution in [0.2, 0.25) is 0 Å². The summed E-state index contributed by atoms with van der Waals surface area (Å²) >= 11 is 0. The van der Waals surface area contributed by atoms with Gasteiger partial charge in [-0.15, -0.1) is 0 Å². The fourth-order valence-electron chi connectivity index (χ4n) is 4.72. The van der Waals surface area contributed by atoms with E-state index in [2.05, 4.69) is 0 Å². The van der Waals surface area contributed by atoms with Gasteiger partial charge in [0, 0.05) is 19.3 Å². The minimum atomic E-state index is -3.36. The maximum Gasteiger partial charge on any atom is 0.410 e. The highest BCUT2D eigenvalue weighted by molar-refractivity contribution is 7.90. The number of carbonyl (C=O) groups is 1. The molecule has 2 fully saturated rings. The van der Waals surface area contributed by atoms with Crippen molar-refractivity contribution in [1.29, 1.82) is 0 Å². The first-order valence-electron chi connectivity index (χ1n) is 11.2. The van der Waals surface area contributed by atoms with Crippen LogP contribution in [0, 0.1) is 23.5 Å². The van der Waals surface area contributed by atoms with Crippen LogP contribution in [0.1, 0.15) is 33.6 Å². The summed E-state index contributed by atoms with van der Waals surface area (Å²) in [5.74, 6) is -1.62. The van der Waals surface area contributed by atoms with Gasteiger partial charge in [-0.25, -0.2) is 22.0 Å². The number of ether oxygens (including phenoxy) is 2. The summed E-state index contributed by atoms with van der Waals surface area (Å²) in [6.07, 6.45) is 1.64. The number of nitrogens with zero attached hydrogens (tertiary/aromatic N) is 1. The van der Waals surface area contributed by atoms with Crippen LogP contribution in [0.25, 0.3) is 11.1 Å². The third-order valence-corrected chi connectivity index (χ3v) is 7.39. The first-order valence-corrected chi connectivity index (χ1v) is 13.1. The molecule has 0 spiro atoms. The lowest BCUT2D eigenvalue weighted by Gasteiger charge is -2.25. The van der Waals surface area contributed by atoms with Crippen molar-refractivity contribution in [1.82, 2.24) is 4.90 Å². The predicted octanol–water partition coefficient (Wildman–Crippen LogP) is 5.06. The Labute approximate surface area is 198 Å². The number of amides is 1. The van der Waals surface area contributed by atoms with Gasteiger partial charge in [0.2, 0.25) is 0 Å². The maximum atomic E-state index is 14.8. The second-order valence-electron chi connectivity index (χ2n) is 10.2. The normalized spacial score (nSPS) is 22.5. The molecular formula is C25H29F2NO5S. The molecule has 1 amide bonds. The van der Waals surface area contributed by atoms with E-state index in [0.717, 1.165) is 6.26 Å². The lowest BCUT2D eigenvalue weighted by molar-refractivity contribution is 0.0271. The summed E-state index contributed by atoms with van der Waals surface area (Å²) in [4.78, 5) is 14.1. The quantitative estimate of drug-likeness (QED) is 0.595. The Morgan fingerprint density at radius 1 is 0.971 bits per heavy atom. The first kappa shape index (κ1) is 24.4. The highest BCUT2D eigenvalue weighted by Gasteiger charge is 2.44. The smallest absolute Gasteiger partial charge is 0.410 e. The molecule has 2 aromatic carbocycles. The summed E-state index contributed by atoms with van der Waals surface area (Å²) in [7, 11) is -3.36. The standard InChI is InChI=1S/C25H29F2NO5S/c1-25(2,3)33-24(29)28-13-17-9-19(10-18(17)14-28)32-23-21(26)11-16(12-22(23)27)15-5-7-20(8-6-15)34(4,30)31/h5-8,11-12,17-19H,9-10,13-14H2,1-4H3/t17-,18?,19?/m0/s1. The summed E-state index contributed by atoms with van der Waals surface area (Å²) in [6, 6.07) is 8.21. The second kappa shape index (κ2) is 8.83. The predicted molar refractivity (Wildman–Crippen MR) is 123 cm³/mol. The van der Waals surface area contributed by atoms with E-state index >= 15 is 0 Å². The van der Waals surface area contributed by atoms with Gasteiger partial charge in [0.15, 0.2) is 27.2 Å². The van der Waals surface area contributed by atoms with E-state index in [1.165, 1.54) is 36.4 Å². The molecule has 1 saturated carbocycles. The summed E-state index contributed by atoms with van der Waals surface area (Å²) in [5, 5.41) is 0. The van der Waals surface area contributed by atoms with Crippen molar-refractivity contribution in [3.05, 3.63) is 48.0 Å². The van der Waals surface area contributed by atoms with Gasteiger partial charge < -0.3 is 14.4 Å². The Bertz CT molecular complexity index is 1150. The van der Waals surface area contributed by atoms with Crippen LogP contribution in [0.4, 0.5) is 13.6 Å². The molecular weight excluding hydrogens is 464 g/mol. The SMILES string of the molecule is CC(C)(C)OC(=O)N1CC2CC(Oc3c(F)cc(-c4ccc(S(C)(=O)=O)cc4)cc3F)C[C@H]2C1.